The normalized spacial score (nSPS) is 13.9. The number of nitrogens with zero attached hydrogens (tertiary/aromatic N) is 3. The molecule has 0 N–H and O–H groups in total. The zero-order valence-corrected chi connectivity index (χ0v) is 13.5. The van der Waals surface area contributed by atoms with Crippen molar-refractivity contribution in [3.63, 3.8) is 0 Å². The van der Waals surface area contributed by atoms with E-state index in [1.807, 2.05) is 19.9 Å². The van der Waals surface area contributed by atoms with Crippen LogP contribution in [0.1, 0.15) is 56.8 Å². The molecule has 0 radical (unpaired) electrons. The SMILES string of the molecule is Cc1cnc(C(=O)OCC(=O)c2cc(C)n(C3CC3)c2C)cn1. The van der Waals surface area contributed by atoms with Crippen LogP contribution in [0.15, 0.2) is 18.5 Å². The topological polar surface area (TPSA) is 74.1 Å². The fourth-order valence-electron chi connectivity index (χ4n) is 2.73. The number of ketones is 1. The van der Waals surface area contributed by atoms with Gasteiger partial charge >= 0.3 is 5.97 Å². The molecule has 1 saturated carbocycles. The summed E-state index contributed by atoms with van der Waals surface area (Å²) in [6.45, 7) is 5.42. The third kappa shape index (κ3) is 3.16. The van der Waals surface area contributed by atoms with Crippen LogP contribution in [0.4, 0.5) is 0 Å². The molecule has 0 atom stereocenters. The molecule has 0 amide bonds. The Bertz CT molecular complexity index is 758. The average molecular weight is 313 g/mol. The number of hydrogen-bond acceptors (Lipinski definition) is 5. The summed E-state index contributed by atoms with van der Waals surface area (Å²) in [6.07, 6.45) is 5.15. The van der Waals surface area contributed by atoms with Crippen molar-refractivity contribution in [2.75, 3.05) is 6.61 Å². The van der Waals surface area contributed by atoms with Gasteiger partial charge in [0.25, 0.3) is 0 Å². The number of aromatic nitrogens is 3. The zero-order chi connectivity index (χ0) is 16.6. The van der Waals surface area contributed by atoms with Gasteiger partial charge in [-0.3, -0.25) is 9.78 Å². The quantitative estimate of drug-likeness (QED) is 0.626. The van der Waals surface area contributed by atoms with E-state index in [0.29, 0.717) is 17.3 Å². The van der Waals surface area contributed by atoms with Crippen LogP contribution < -0.4 is 0 Å². The highest BCUT2D eigenvalue weighted by Crippen LogP contribution is 2.38. The van der Waals surface area contributed by atoms with Gasteiger partial charge in [-0.05, 0) is 39.7 Å². The standard InChI is InChI=1S/C17H19N3O3/c1-10-7-19-15(8-18-10)17(22)23-9-16(21)14-6-11(2)20(12(14)3)13-4-5-13/h6-8,13H,4-5,9H2,1-3H3. The van der Waals surface area contributed by atoms with Crippen LogP contribution in [-0.4, -0.2) is 32.9 Å². The van der Waals surface area contributed by atoms with Crippen LogP contribution in [0.5, 0.6) is 0 Å². The van der Waals surface area contributed by atoms with Gasteiger partial charge < -0.3 is 9.30 Å². The maximum absolute atomic E-state index is 12.3. The molecule has 0 aromatic carbocycles. The van der Waals surface area contributed by atoms with Crippen molar-refractivity contribution in [1.82, 2.24) is 14.5 Å². The van der Waals surface area contributed by atoms with E-state index in [1.54, 1.807) is 6.92 Å². The summed E-state index contributed by atoms with van der Waals surface area (Å²) in [5, 5.41) is 0. The Morgan fingerprint density at radius 2 is 1.96 bits per heavy atom. The molecule has 2 aromatic heterocycles. The first-order valence-corrected chi connectivity index (χ1v) is 7.64. The number of ether oxygens (including phenoxy) is 1. The number of carbonyl (C=O) groups is 2. The van der Waals surface area contributed by atoms with Gasteiger partial charge in [-0.15, -0.1) is 0 Å². The summed E-state index contributed by atoms with van der Waals surface area (Å²) in [5.74, 6) is -0.833. The molecule has 6 heteroatoms. The van der Waals surface area contributed by atoms with Gasteiger partial charge in [0, 0.05) is 29.2 Å². The predicted octanol–water partition coefficient (Wildman–Crippen LogP) is 2.58. The van der Waals surface area contributed by atoms with Gasteiger partial charge in [-0.25, -0.2) is 9.78 Å². The molecule has 120 valence electrons. The van der Waals surface area contributed by atoms with E-state index < -0.39 is 5.97 Å². The van der Waals surface area contributed by atoms with E-state index in [2.05, 4.69) is 14.5 Å². The first-order chi connectivity index (χ1) is 11.0. The Morgan fingerprint density at radius 1 is 1.22 bits per heavy atom. The van der Waals surface area contributed by atoms with Gasteiger partial charge in [-0.1, -0.05) is 0 Å². The van der Waals surface area contributed by atoms with Crippen molar-refractivity contribution >= 4 is 11.8 Å². The van der Waals surface area contributed by atoms with Crippen LogP contribution in [0, 0.1) is 20.8 Å². The summed E-state index contributed by atoms with van der Waals surface area (Å²) in [6, 6.07) is 2.39. The molecule has 1 fully saturated rings. The lowest BCUT2D eigenvalue weighted by Crippen LogP contribution is -2.16. The molecule has 0 saturated heterocycles. The Balaban J connectivity index is 1.66. The van der Waals surface area contributed by atoms with Crippen molar-refractivity contribution in [2.24, 2.45) is 0 Å². The van der Waals surface area contributed by atoms with Crippen LogP contribution in [0.2, 0.25) is 0 Å². The van der Waals surface area contributed by atoms with Crippen LogP contribution >= 0.6 is 0 Å². The van der Waals surface area contributed by atoms with E-state index in [9.17, 15) is 9.59 Å². The molecule has 0 spiro atoms. The molecule has 0 unspecified atom stereocenters. The highest BCUT2D eigenvalue weighted by molar-refractivity contribution is 6.00. The molecular formula is C17H19N3O3. The third-order valence-electron chi connectivity index (χ3n) is 4.02. The van der Waals surface area contributed by atoms with Gasteiger partial charge in [-0.2, -0.15) is 0 Å². The number of esters is 1. The van der Waals surface area contributed by atoms with Gasteiger partial charge in [0.15, 0.2) is 12.3 Å². The van der Waals surface area contributed by atoms with Crippen molar-refractivity contribution in [3.8, 4) is 0 Å². The first kappa shape index (κ1) is 15.4. The monoisotopic (exact) mass is 313 g/mol. The van der Waals surface area contributed by atoms with E-state index in [0.717, 1.165) is 24.2 Å². The summed E-state index contributed by atoms with van der Waals surface area (Å²) in [7, 11) is 0. The van der Waals surface area contributed by atoms with Gasteiger partial charge in [0.05, 0.1) is 11.9 Å². The number of hydrogen-bond donors (Lipinski definition) is 0. The number of rotatable bonds is 5. The second kappa shape index (κ2) is 5.95. The molecule has 2 aromatic rings. The van der Waals surface area contributed by atoms with Crippen molar-refractivity contribution < 1.29 is 14.3 Å². The molecule has 23 heavy (non-hydrogen) atoms. The lowest BCUT2D eigenvalue weighted by Gasteiger charge is -2.07. The Kier molecular flexibility index (Phi) is 3.98. The lowest BCUT2D eigenvalue weighted by molar-refractivity contribution is 0.0468. The lowest BCUT2D eigenvalue weighted by atomic mass is 10.1. The summed E-state index contributed by atoms with van der Waals surface area (Å²) in [5.41, 5.74) is 3.46. The summed E-state index contributed by atoms with van der Waals surface area (Å²) in [4.78, 5) is 32.2. The largest absolute Gasteiger partial charge is 0.453 e. The minimum atomic E-state index is -0.637. The molecule has 6 nitrogen and oxygen atoms in total. The highest BCUT2D eigenvalue weighted by Gasteiger charge is 2.28. The van der Waals surface area contributed by atoms with E-state index in [4.69, 9.17) is 4.74 Å². The predicted molar refractivity (Wildman–Crippen MR) is 83.6 cm³/mol. The van der Waals surface area contributed by atoms with Crippen molar-refractivity contribution in [2.45, 2.75) is 39.7 Å². The fraction of sp³-hybridized carbons (Fsp3) is 0.412. The Hall–Kier alpha value is -2.50. The zero-order valence-electron chi connectivity index (χ0n) is 13.5. The van der Waals surface area contributed by atoms with Crippen LogP contribution in [-0.2, 0) is 4.74 Å². The van der Waals surface area contributed by atoms with E-state index >= 15 is 0 Å². The van der Waals surface area contributed by atoms with Crippen molar-refractivity contribution in [3.05, 3.63) is 46.8 Å². The summed E-state index contributed by atoms with van der Waals surface area (Å²) < 4.78 is 7.26. The molecule has 1 aliphatic carbocycles. The molecular weight excluding hydrogens is 294 g/mol. The maximum atomic E-state index is 12.3. The molecule has 0 aliphatic heterocycles. The first-order valence-electron chi connectivity index (χ1n) is 7.64. The second-order valence-corrected chi connectivity index (χ2v) is 5.93. The van der Waals surface area contributed by atoms with Crippen LogP contribution in [0.25, 0.3) is 0 Å². The van der Waals surface area contributed by atoms with Crippen LogP contribution in [0.3, 0.4) is 0 Å². The average Bonchev–Trinajstić information content (AvgIpc) is 3.31. The maximum Gasteiger partial charge on any atom is 0.358 e. The van der Waals surface area contributed by atoms with E-state index in [-0.39, 0.29) is 18.1 Å². The van der Waals surface area contributed by atoms with E-state index in [1.165, 1.54) is 12.4 Å². The Labute approximate surface area is 134 Å². The smallest absolute Gasteiger partial charge is 0.358 e. The van der Waals surface area contributed by atoms with Gasteiger partial charge in [0.1, 0.15) is 0 Å². The Morgan fingerprint density at radius 3 is 2.57 bits per heavy atom. The number of aryl methyl sites for hydroxylation is 2. The number of Topliss-reactive ketones (excluding diaryl/α,β-unsaturated/α-hetero) is 1. The second-order valence-electron chi connectivity index (χ2n) is 5.93. The molecule has 2 heterocycles. The molecule has 1 aliphatic rings. The molecule has 0 bridgehead atoms. The minimum Gasteiger partial charge on any atom is -0.453 e. The van der Waals surface area contributed by atoms with Crippen molar-refractivity contribution in [1.29, 1.82) is 0 Å². The highest BCUT2D eigenvalue weighted by atomic mass is 16.5. The minimum absolute atomic E-state index is 0.104. The van der Waals surface area contributed by atoms with Gasteiger partial charge in [0.2, 0.25) is 5.78 Å². The third-order valence-corrected chi connectivity index (χ3v) is 4.02. The fourth-order valence-corrected chi connectivity index (χ4v) is 2.73. The molecule has 3 rings (SSSR count). The number of carbonyl (C=O) groups excluding carboxylic acids is 2. The summed E-state index contributed by atoms with van der Waals surface area (Å²) >= 11 is 0.